The molecule has 2 aliphatic carbocycles. The van der Waals surface area contributed by atoms with Crippen LogP contribution in [0.25, 0.3) is 0 Å². The Kier molecular flexibility index (Phi) is 3.50. The molecular formula is C18H24N2O2. The molecular weight excluding hydrogens is 276 g/mol. The summed E-state index contributed by atoms with van der Waals surface area (Å²) in [5.41, 5.74) is 2.54. The summed E-state index contributed by atoms with van der Waals surface area (Å²) in [5.74, 6) is 1.31. The summed E-state index contributed by atoms with van der Waals surface area (Å²) in [7, 11) is 1.53. The van der Waals surface area contributed by atoms with Gasteiger partial charge in [0.15, 0.2) is 11.5 Å². The van der Waals surface area contributed by atoms with Crippen molar-refractivity contribution in [1.29, 1.82) is 0 Å². The molecule has 22 heavy (non-hydrogen) atoms. The first-order valence-corrected chi connectivity index (χ1v) is 7.86. The van der Waals surface area contributed by atoms with E-state index < -0.39 is 0 Å². The second-order valence-electron chi connectivity index (χ2n) is 7.22. The summed E-state index contributed by atoms with van der Waals surface area (Å²) in [6.07, 6.45) is 5.27. The van der Waals surface area contributed by atoms with Crippen molar-refractivity contribution in [2.75, 3.05) is 7.11 Å². The highest BCUT2D eigenvalue weighted by Crippen LogP contribution is 2.63. The van der Waals surface area contributed by atoms with Crippen LogP contribution >= 0.6 is 0 Å². The Morgan fingerprint density at radius 1 is 1.32 bits per heavy atom. The predicted octanol–water partition coefficient (Wildman–Crippen LogP) is 4.02. The van der Waals surface area contributed by atoms with Crippen LogP contribution in [0.15, 0.2) is 28.4 Å². The lowest BCUT2D eigenvalue weighted by Crippen LogP contribution is -2.32. The molecule has 0 saturated heterocycles. The van der Waals surface area contributed by atoms with Crippen molar-refractivity contribution in [3.05, 3.63) is 23.8 Å². The van der Waals surface area contributed by atoms with Gasteiger partial charge in [-0.25, -0.2) is 0 Å². The van der Waals surface area contributed by atoms with Crippen molar-refractivity contribution in [2.24, 2.45) is 27.0 Å². The average Bonchev–Trinajstić information content (AvgIpc) is 2.81. The van der Waals surface area contributed by atoms with Gasteiger partial charge in [-0.1, -0.05) is 20.8 Å². The monoisotopic (exact) mass is 300 g/mol. The number of phenolic OH excluding ortho intramolecular Hbond substituents is 1. The predicted molar refractivity (Wildman–Crippen MR) is 88.9 cm³/mol. The number of benzene rings is 1. The van der Waals surface area contributed by atoms with Crippen LogP contribution in [-0.4, -0.2) is 24.1 Å². The van der Waals surface area contributed by atoms with Gasteiger partial charge in [-0.3, -0.25) is 0 Å². The minimum atomic E-state index is 0.118. The lowest BCUT2D eigenvalue weighted by molar-refractivity contribution is 0.194. The summed E-state index contributed by atoms with van der Waals surface area (Å²) in [6, 6.07) is 5.22. The van der Waals surface area contributed by atoms with Crippen molar-refractivity contribution < 1.29 is 9.84 Å². The lowest BCUT2D eigenvalue weighted by atomic mass is 9.70. The van der Waals surface area contributed by atoms with Crippen molar-refractivity contribution in [3.8, 4) is 11.5 Å². The molecule has 0 aromatic heterocycles. The maximum atomic E-state index is 9.78. The van der Waals surface area contributed by atoms with E-state index in [1.165, 1.54) is 25.7 Å². The van der Waals surface area contributed by atoms with Crippen molar-refractivity contribution in [3.63, 3.8) is 0 Å². The van der Waals surface area contributed by atoms with E-state index >= 15 is 0 Å². The fraction of sp³-hybridized carbons (Fsp3) is 0.556. The molecule has 4 heteroatoms. The third-order valence-electron chi connectivity index (χ3n) is 6.10. The summed E-state index contributed by atoms with van der Waals surface area (Å²) >= 11 is 0. The highest BCUT2D eigenvalue weighted by Gasteiger charge is 2.59. The summed E-state index contributed by atoms with van der Waals surface area (Å²) in [4.78, 5) is 0. The van der Waals surface area contributed by atoms with Gasteiger partial charge in [0.2, 0.25) is 0 Å². The zero-order valence-electron chi connectivity index (χ0n) is 13.8. The quantitative estimate of drug-likeness (QED) is 0.677. The SMILES string of the molecule is COc1ccc(/C=N\N=C2\C[C@@H]3CC[C@]2(C)C3(C)C)cc1O. The molecule has 0 aliphatic heterocycles. The average molecular weight is 300 g/mol. The Morgan fingerprint density at radius 2 is 2.09 bits per heavy atom. The van der Waals surface area contributed by atoms with Crippen LogP contribution < -0.4 is 4.74 Å². The molecule has 2 bridgehead atoms. The van der Waals surface area contributed by atoms with Crippen molar-refractivity contribution >= 4 is 11.9 Å². The van der Waals surface area contributed by atoms with Gasteiger partial charge in [-0.2, -0.15) is 10.2 Å². The maximum Gasteiger partial charge on any atom is 0.160 e. The van der Waals surface area contributed by atoms with Crippen LogP contribution in [0.4, 0.5) is 0 Å². The highest BCUT2D eigenvalue weighted by atomic mass is 16.5. The van der Waals surface area contributed by atoms with Gasteiger partial charge in [0.25, 0.3) is 0 Å². The zero-order valence-corrected chi connectivity index (χ0v) is 13.8. The molecule has 0 unspecified atom stereocenters. The maximum absolute atomic E-state index is 9.78. The topological polar surface area (TPSA) is 54.2 Å². The Morgan fingerprint density at radius 3 is 2.64 bits per heavy atom. The Hall–Kier alpha value is -1.84. The van der Waals surface area contributed by atoms with Gasteiger partial charge in [-0.05, 0) is 54.4 Å². The van der Waals surface area contributed by atoms with Crippen LogP contribution in [0.2, 0.25) is 0 Å². The number of methoxy groups -OCH3 is 1. The van der Waals surface area contributed by atoms with Gasteiger partial charge in [-0.15, -0.1) is 0 Å². The number of aromatic hydroxyl groups is 1. The lowest BCUT2D eigenvalue weighted by Gasteiger charge is -2.34. The number of nitrogens with zero attached hydrogens (tertiary/aromatic N) is 2. The standard InChI is InChI=1S/C18H24N2O2/c1-17(2)13-7-8-18(17,3)16(10-13)20-19-11-12-5-6-15(22-4)14(21)9-12/h5-6,9,11,13,21H,7-8,10H2,1-4H3/b19-11-,20-16-/t13-,18-/m0/s1. The second kappa shape index (κ2) is 5.11. The molecule has 2 atom stereocenters. The molecule has 2 saturated carbocycles. The largest absolute Gasteiger partial charge is 0.504 e. The van der Waals surface area contributed by atoms with E-state index in [1.807, 2.05) is 6.07 Å². The third kappa shape index (κ3) is 2.13. The molecule has 2 fully saturated rings. The minimum absolute atomic E-state index is 0.118. The number of phenols is 1. The molecule has 0 amide bonds. The molecule has 4 nitrogen and oxygen atoms in total. The van der Waals surface area contributed by atoms with Crippen LogP contribution in [0, 0.1) is 16.7 Å². The number of hydrogen-bond donors (Lipinski definition) is 1. The van der Waals surface area contributed by atoms with Crippen molar-refractivity contribution in [1.82, 2.24) is 0 Å². The molecule has 3 rings (SSSR count). The van der Waals surface area contributed by atoms with E-state index in [2.05, 4.69) is 31.0 Å². The van der Waals surface area contributed by atoms with E-state index in [0.29, 0.717) is 11.2 Å². The molecule has 1 N–H and O–H groups in total. The van der Waals surface area contributed by atoms with Crippen LogP contribution in [0.1, 0.15) is 45.6 Å². The summed E-state index contributed by atoms with van der Waals surface area (Å²) in [5, 5.41) is 18.6. The Bertz CT molecular complexity index is 648. The van der Waals surface area contributed by atoms with Crippen molar-refractivity contribution in [2.45, 2.75) is 40.0 Å². The fourth-order valence-electron chi connectivity index (χ4n) is 4.03. The molecule has 0 radical (unpaired) electrons. The van der Waals surface area contributed by atoms with E-state index in [4.69, 9.17) is 4.74 Å². The number of fused-ring (bicyclic) bond motifs is 2. The van der Waals surface area contributed by atoms with E-state index in [1.54, 1.807) is 18.3 Å². The fourth-order valence-corrected chi connectivity index (χ4v) is 4.03. The molecule has 0 heterocycles. The number of hydrogen-bond acceptors (Lipinski definition) is 4. The van der Waals surface area contributed by atoms with E-state index in [0.717, 1.165) is 17.9 Å². The first-order chi connectivity index (χ1) is 10.4. The second-order valence-corrected chi connectivity index (χ2v) is 7.22. The van der Waals surface area contributed by atoms with Gasteiger partial charge in [0, 0.05) is 11.1 Å². The van der Waals surface area contributed by atoms with Crippen LogP contribution in [0.3, 0.4) is 0 Å². The molecule has 1 aromatic rings. The van der Waals surface area contributed by atoms with E-state index in [9.17, 15) is 5.11 Å². The minimum Gasteiger partial charge on any atom is -0.504 e. The zero-order chi connectivity index (χ0) is 16.0. The summed E-state index contributed by atoms with van der Waals surface area (Å²) in [6.45, 7) is 7.05. The molecule has 118 valence electrons. The third-order valence-corrected chi connectivity index (χ3v) is 6.10. The highest BCUT2D eigenvalue weighted by molar-refractivity contribution is 5.94. The summed E-state index contributed by atoms with van der Waals surface area (Å²) < 4.78 is 5.03. The van der Waals surface area contributed by atoms with E-state index in [-0.39, 0.29) is 11.2 Å². The number of rotatable bonds is 3. The molecule has 1 aromatic carbocycles. The smallest absolute Gasteiger partial charge is 0.160 e. The number of ether oxygens (including phenoxy) is 1. The Labute approximate surface area is 131 Å². The molecule has 2 aliphatic rings. The van der Waals surface area contributed by atoms with Gasteiger partial charge < -0.3 is 9.84 Å². The Balaban J connectivity index is 1.79. The van der Waals surface area contributed by atoms with Gasteiger partial charge in [0.05, 0.1) is 13.3 Å². The van der Waals surface area contributed by atoms with Crippen LogP contribution in [-0.2, 0) is 0 Å². The normalized spacial score (nSPS) is 31.3. The van der Waals surface area contributed by atoms with Gasteiger partial charge in [0.1, 0.15) is 0 Å². The first kappa shape index (κ1) is 15.1. The molecule has 0 spiro atoms. The first-order valence-electron chi connectivity index (χ1n) is 7.86. The van der Waals surface area contributed by atoms with Crippen LogP contribution in [0.5, 0.6) is 11.5 Å². The van der Waals surface area contributed by atoms with Gasteiger partial charge >= 0.3 is 0 Å².